The van der Waals surface area contributed by atoms with Crippen molar-refractivity contribution in [3.8, 4) is 5.75 Å². The van der Waals surface area contributed by atoms with Crippen LogP contribution in [0.3, 0.4) is 0 Å². The zero-order valence-electron chi connectivity index (χ0n) is 11.9. The Morgan fingerprint density at radius 2 is 1.87 bits per heavy atom. The molecule has 0 heterocycles. The lowest BCUT2D eigenvalue weighted by Crippen LogP contribution is -2.28. The summed E-state index contributed by atoms with van der Waals surface area (Å²) < 4.78 is 43.8. The first-order valence-corrected chi connectivity index (χ1v) is 7.78. The SMILES string of the molecule is O=C(NCCOc1cccc(C(F)(F)F)c1)c1ccccc1I. The van der Waals surface area contributed by atoms with E-state index in [0.29, 0.717) is 5.56 Å². The maximum atomic E-state index is 12.6. The van der Waals surface area contributed by atoms with Crippen LogP contribution in [0.1, 0.15) is 15.9 Å². The number of carbonyl (C=O) groups is 1. The van der Waals surface area contributed by atoms with E-state index in [1.54, 1.807) is 12.1 Å². The third kappa shape index (κ3) is 5.12. The van der Waals surface area contributed by atoms with Gasteiger partial charge in [-0.2, -0.15) is 13.2 Å². The number of carbonyl (C=O) groups excluding carboxylic acids is 1. The number of halogens is 4. The van der Waals surface area contributed by atoms with Crippen LogP contribution in [0.5, 0.6) is 5.75 Å². The lowest BCUT2D eigenvalue weighted by Gasteiger charge is -2.11. The second-order valence-corrected chi connectivity index (χ2v) is 5.77. The highest BCUT2D eigenvalue weighted by Gasteiger charge is 2.30. The lowest BCUT2D eigenvalue weighted by atomic mass is 10.2. The van der Waals surface area contributed by atoms with Crippen molar-refractivity contribution in [2.45, 2.75) is 6.18 Å². The van der Waals surface area contributed by atoms with Gasteiger partial charge in [-0.1, -0.05) is 18.2 Å². The summed E-state index contributed by atoms with van der Waals surface area (Å²) in [5, 5.41) is 2.66. The fraction of sp³-hybridized carbons (Fsp3) is 0.188. The van der Waals surface area contributed by atoms with Gasteiger partial charge in [0.05, 0.1) is 17.7 Å². The largest absolute Gasteiger partial charge is 0.492 e. The highest BCUT2D eigenvalue weighted by atomic mass is 127. The third-order valence-corrected chi connectivity index (χ3v) is 3.88. The Labute approximate surface area is 145 Å². The van der Waals surface area contributed by atoms with E-state index in [-0.39, 0.29) is 24.8 Å². The molecule has 0 aliphatic heterocycles. The summed E-state index contributed by atoms with van der Waals surface area (Å²) >= 11 is 2.06. The molecule has 0 aromatic heterocycles. The summed E-state index contributed by atoms with van der Waals surface area (Å²) in [5.41, 5.74) is -0.218. The first kappa shape index (κ1) is 17.6. The summed E-state index contributed by atoms with van der Waals surface area (Å²) in [7, 11) is 0. The minimum atomic E-state index is -4.41. The van der Waals surface area contributed by atoms with Crippen LogP contribution in [0.25, 0.3) is 0 Å². The first-order chi connectivity index (χ1) is 10.9. The van der Waals surface area contributed by atoms with Crippen LogP contribution in [0, 0.1) is 3.57 Å². The summed E-state index contributed by atoms with van der Waals surface area (Å²) in [6.07, 6.45) is -4.41. The molecule has 2 aromatic rings. The monoisotopic (exact) mass is 435 g/mol. The molecule has 0 radical (unpaired) electrons. The van der Waals surface area contributed by atoms with Crippen molar-refractivity contribution in [3.63, 3.8) is 0 Å². The summed E-state index contributed by atoms with van der Waals surface area (Å²) in [4.78, 5) is 11.9. The van der Waals surface area contributed by atoms with Crippen LogP contribution in [0.4, 0.5) is 13.2 Å². The second kappa shape index (κ2) is 7.67. The van der Waals surface area contributed by atoms with E-state index in [0.717, 1.165) is 15.7 Å². The van der Waals surface area contributed by atoms with Crippen molar-refractivity contribution in [1.29, 1.82) is 0 Å². The molecule has 0 saturated heterocycles. The minimum Gasteiger partial charge on any atom is -0.492 e. The predicted octanol–water partition coefficient (Wildman–Crippen LogP) is 4.12. The highest BCUT2D eigenvalue weighted by Crippen LogP contribution is 2.31. The predicted molar refractivity (Wildman–Crippen MR) is 88.4 cm³/mol. The van der Waals surface area contributed by atoms with Gasteiger partial charge in [-0.3, -0.25) is 4.79 Å². The van der Waals surface area contributed by atoms with Crippen LogP contribution in [-0.2, 0) is 6.18 Å². The molecule has 2 aromatic carbocycles. The second-order valence-electron chi connectivity index (χ2n) is 4.61. The highest BCUT2D eigenvalue weighted by molar-refractivity contribution is 14.1. The van der Waals surface area contributed by atoms with E-state index in [1.807, 2.05) is 12.1 Å². The van der Waals surface area contributed by atoms with Gasteiger partial charge in [0.25, 0.3) is 5.91 Å². The van der Waals surface area contributed by atoms with E-state index >= 15 is 0 Å². The molecule has 0 aliphatic carbocycles. The van der Waals surface area contributed by atoms with Crippen molar-refractivity contribution < 1.29 is 22.7 Å². The number of benzene rings is 2. The van der Waals surface area contributed by atoms with Crippen molar-refractivity contribution in [1.82, 2.24) is 5.32 Å². The van der Waals surface area contributed by atoms with Gasteiger partial charge in [-0.15, -0.1) is 0 Å². The quantitative estimate of drug-likeness (QED) is 0.567. The zero-order valence-corrected chi connectivity index (χ0v) is 14.0. The molecule has 2 rings (SSSR count). The molecule has 122 valence electrons. The van der Waals surface area contributed by atoms with Gasteiger partial charge in [-0.05, 0) is 52.9 Å². The molecule has 0 bridgehead atoms. The van der Waals surface area contributed by atoms with Gasteiger partial charge in [0.15, 0.2) is 0 Å². The molecule has 0 spiro atoms. The molecular weight excluding hydrogens is 422 g/mol. The van der Waals surface area contributed by atoms with Crippen LogP contribution in [0.2, 0.25) is 0 Å². The normalized spacial score (nSPS) is 11.1. The maximum absolute atomic E-state index is 12.6. The van der Waals surface area contributed by atoms with E-state index in [9.17, 15) is 18.0 Å². The Morgan fingerprint density at radius 1 is 1.13 bits per heavy atom. The Morgan fingerprint density at radius 3 is 2.57 bits per heavy atom. The number of hydrogen-bond donors (Lipinski definition) is 1. The number of nitrogens with one attached hydrogen (secondary N) is 1. The molecule has 0 saturated carbocycles. The number of alkyl halides is 3. The van der Waals surface area contributed by atoms with Crippen LogP contribution < -0.4 is 10.1 Å². The Hall–Kier alpha value is -1.77. The van der Waals surface area contributed by atoms with Crippen LogP contribution >= 0.6 is 22.6 Å². The number of hydrogen-bond acceptors (Lipinski definition) is 2. The summed E-state index contributed by atoms with van der Waals surface area (Å²) in [6.45, 7) is 0.274. The fourth-order valence-electron chi connectivity index (χ4n) is 1.84. The first-order valence-electron chi connectivity index (χ1n) is 6.71. The smallest absolute Gasteiger partial charge is 0.416 e. The van der Waals surface area contributed by atoms with Gasteiger partial charge in [-0.25, -0.2) is 0 Å². The van der Waals surface area contributed by atoms with Crippen molar-refractivity contribution in [2.24, 2.45) is 0 Å². The Kier molecular flexibility index (Phi) is 5.86. The molecule has 0 aliphatic rings. The molecule has 0 atom stereocenters. The molecule has 1 N–H and O–H groups in total. The summed E-state index contributed by atoms with van der Waals surface area (Å²) in [5.74, 6) is -0.133. The Balaban J connectivity index is 1.84. The van der Waals surface area contributed by atoms with Crippen LogP contribution in [0.15, 0.2) is 48.5 Å². The van der Waals surface area contributed by atoms with E-state index in [4.69, 9.17) is 4.74 Å². The fourth-order valence-corrected chi connectivity index (χ4v) is 2.47. The van der Waals surface area contributed by atoms with Crippen LogP contribution in [-0.4, -0.2) is 19.1 Å². The van der Waals surface area contributed by atoms with E-state index in [2.05, 4.69) is 27.9 Å². The minimum absolute atomic E-state index is 0.0798. The summed E-state index contributed by atoms with van der Waals surface area (Å²) in [6, 6.07) is 11.7. The van der Waals surface area contributed by atoms with Crippen molar-refractivity contribution in [3.05, 3.63) is 63.2 Å². The van der Waals surface area contributed by atoms with Gasteiger partial charge in [0.1, 0.15) is 12.4 Å². The molecule has 3 nitrogen and oxygen atoms in total. The van der Waals surface area contributed by atoms with Gasteiger partial charge < -0.3 is 10.1 Å². The molecule has 0 fully saturated rings. The van der Waals surface area contributed by atoms with Gasteiger partial charge >= 0.3 is 6.18 Å². The molecule has 7 heteroatoms. The van der Waals surface area contributed by atoms with Gasteiger partial charge in [0, 0.05) is 3.57 Å². The maximum Gasteiger partial charge on any atom is 0.416 e. The van der Waals surface area contributed by atoms with Gasteiger partial charge in [0.2, 0.25) is 0 Å². The number of ether oxygens (including phenoxy) is 1. The third-order valence-electron chi connectivity index (χ3n) is 2.94. The topological polar surface area (TPSA) is 38.3 Å². The molecule has 0 unspecified atom stereocenters. The van der Waals surface area contributed by atoms with E-state index < -0.39 is 11.7 Å². The van der Waals surface area contributed by atoms with Crippen molar-refractivity contribution >= 4 is 28.5 Å². The molecule has 23 heavy (non-hydrogen) atoms. The molecule has 1 amide bonds. The standard InChI is InChI=1S/C16H13F3INO2/c17-16(18,19)11-4-3-5-12(10-11)23-9-8-21-15(22)13-6-1-2-7-14(13)20/h1-7,10H,8-9H2,(H,21,22). The van der Waals surface area contributed by atoms with E-state index in [1.165, 1.54) is 12.1 Å². The number of amides is 1. The average Bonchev–Trinajstić information content (AvgIpc) is 2.51. The number of rotatable bonds is 5. The van der Waals surface area contributed by atoms with Crippen molar-refractivity contribution in [2.75, 3.05) is 13.2 Å². The lowest BCUT2D eigenvalue weighted by molar-refractivity contribution is -0.137. The Bertz CT molecular complexity index is 689. The zero-order chi connectivity index (χ0) is 16.9. The molecular formula is C16H13F3INO2. The average molecular weight is 435 g/mol.